The first kappa shape index (κ1) is 15.4. The van der Waals surface area contributed by atoms with Crippen molar-refractivity contribution in [2.45, 2.75) is 30.8 Å². The Balaban J connectivity index is 1.31. The molecule has 1 aliphatic carbocycles. The third kappa shape index (κ3) is 3.07. The third-order valence-corrected chi connectivity index (χ3v) is 4.78. The lowest BCUT2D eigenvalue weighted by molar-refractivity contribution is 0.0394. The second-order valence-electron chi connectivity index (χ2n) is 6.62. The molecule has 6 nitrogen and oxygen atoms in total. The Morgan fingerprint density at radius 3 is 2.75 bits per heavy atom. The van der Waals surface area contributed by atoms with Gasteiger partial charge in [-0.2, -0.15) is 0 Å². The molecule has 1 aliphatic heterocycles. The number of carbonyl (C=O) groups excluding carboxylic acids is 1. The van der Waals surface area contributed by atoms with Crippen molar-refractivity contribution < 1.29 is 14.4 Å². The molecule has 2 fully saturated rings. The van der Waals surface area contributed by atoms with Gasteiger partial charge in [0.15, 0.2) is 5.69 Å². The maximum atomic E-state index is 12.2. The summed E-state index contributed by atoms with van der Waals surface area (Å²) in [5, 5.41) is 16.5. The maximum absolute atomic E-state index is 12.2. The average Bonchev–Trinajstić information content (AvgIpc) is 3.31. The highest BCUT2D eigenvalue weighted by Gasteiger charge is 2.35. The number of nitrogens with one attached hydrogen (secondary N) is 1. The lowest BCUT2D eigenvalue weighted by atomic mass is 9.99. The number of rotatable bonds is 6. The van der Waals surface area contributed by atoms with Gasteiger partial charge in [0.25, 0.3) is 5.91 Å². The van der Waals surface area contributed by atoms with Crippen LogP contribution in [0.1, 0.15) is 46.6 Å². The van der Waals surface area contributed by atoms with Crippen LogP contribution in [0, 0.1) is 0 Å². The molecule has 24 heavy (non-hydrogen) atoms. The number of aliphatic hydroxyl groups excluding tert-OH is 1. The maximum Gasteiger partial charge on any atom is 0.273 e. The molecule has 2 aromatic rings. The highest BCUT2D eigenvalue weighted by molar-refractivity contribution is 5.92. The highest BCUT2D eigenvalue weighted by Crippen LogP contribution is 2.40. The predicted octanol–water partition coefficient (Wildman–Crippen LogP) is 1.70. The van der Waals surface area contributed by atoms with Crippen molar-refractivity contribution in [3.05, 3.63) is 53.4 Å². The lowest BCUT2D eigenvalue weighted by Crippen LogP contribution is -2.60. The van der Waals surface area contributed by atoms with E-state index in [2.05, 4.69) is 15.4 Å². The Morgan fingerprint density at radius 1 is 1.33 bits per heavy atom. The zero-order valence-electron chi connectivity index (χ0n) is 13.4. The van der Waals surface area contributed by atoms with Crippen molar-refractivity contribution in [3.8, 4) is 0 Å². The van der Waals surface area contributed by atoms with Crippen molar-refractivity contribution in [1.29, 1.82) is 0 Å². The van der Waals surface area contributed by atoms with Gasteiger partial charge in [-0.15, -0.1) is 0 Å². The Bertz CT molecular complexity index is 705. The minimum Gasteiger partial charge on any atom is -0.394 e. The van der Waals surface area contributed by atoms with E-state index in [0.717, 1.165) is 37.3 Å². The molecule has 0 radical (unpaired) electrons. The summed E-state index contributed by atoms with van der Waals surface area (Å²) in [5.74, 6) is 1.09. The summed E-state index contributed by atoms with van der Waals surface area (Å²) in [6.07, 6.45) is 2.24. The largest absolute Gasteiger partial charge is 0.394 e. The molecule has 1 saturated heterocycles. The van der Waals surface area contributed by atoms with Gasteiger partial charge in [0, 0.05) is 25.1 Å². The Labute approximate surface area is 140 Å². The molecular weight excluding hydrogens is 306 g/mol. The van der Waals surface area contributed by atoms with Crippen LogP contribution >= 0.6 is 0 Å². The molecule has 1 unspecified atom stereocenters. The van der Waals surface area contributed by atoms with Crippen molar-refractivity contribution in [3.63, 3.8) is 0 Å². The first-order valence-corrected chi connectivity index (χ1v) is 8.42. The number of likely N-dealkylation sites (tertiary alicyclic amines) is 1. The van der Waals surface area contributed by atoms with E-state index < -0.39 is 0 Å². The van der Waals surface area contributed by atoms with Gasteiger partial charge in [-0.05, 0) is 18.4 Å². The number of hydrogen-bond donors (Lipinski definition) is 2. The molecule has 4 rings (SSSR count). The van der Waals surface area contributed by atoms with Crippen molar-refractivity contribution in [2.75, 3.05) is 19.7 Å². The van der Waals surface area contributed by atoms with Gasteiger partial charge >= 0.3 is 0 Å². The summed E-state index contributed by atoms with van der Waals surface area (Å²) in [5.41, 5.74) is 1.45. The Kier molecular flexibility index (Phi) is 4.08. The molecular formula is C18H21N3O3. The SMILES string of the molecule is O=C(NC1CN(C(CO)c2ccccc2)C1)c1cc(C2CC2)on1. The van der Waals surface area contributed by atoms with Crippen molar-refractivity contribution in [1.82, 2.24) is 15.4 Å². The van der Waals surface area contributed by atoms with Gasteiger partial charge < -0.3 is 14.9 Å². The summed E-state index contributed by atoms with van der Waals surface area (Å²) in [6, 6.07) is 11.8. The van der Waals surface area contributed by atoms with Gasteiger partial charge in [-0.3, -0.25) is 9.69 Å². The molecule has 1 atom stereocenters. The van der Waals surface area contributed by atoms with Gasteiger partial charge in [0.1, 0.15) is 5.76 Å². The molecule has 1 amide bonds. The molecule has 2 N–H and O–H groups in total. The van der Waals surface area contributed by atoms with Crippen LogP contribution in [-0.4, -0.2) is 46.8 Å². The first-order valence-electron chi connectivity index (χ1n) is 8.42. The normalized spacial score (nSPS) is 19.7. The van der Waals surface area contributed by atoms with Crippen LogP contribution in [0.25, 0.3) is 0 Å². The fourth-order valence-corrected chi connectivity index (χ4v) is 3.18. The van der Waals surface area contributed by atoms with E-state index in [1.165, 1.54) is 0 Å². The summed E-state index contributed by atoms with van der Waals surface area (Å²) in [7, 11) is 0. The molecule has 2 heterocycles. The lowest BCUT2D eigenvalue weighted by Gasteiger charge is -2.44. The summed E-state index contributed by atoms with van der Waals surface area (Å²) >= 11 is 0. The van der Waals surface area contributed by atoms with E-state index in [9.17, 15) is 9.90 Å². The van der Waals surface area contributed by atoms with Gasteiger partial charge in [-0.25, -0.2) is 0 Å². The fraction of sp³-hybridized carbons (Fsp3) is 0.444. The smallest absolute Gasteiger partial charge is 0.273 e. The van der Waals surface area contributed by atoms with Crippen LogP contribution in [0.2, 0.25) is 0 Å². The molecule has 1 aromatic heterocycles. The second-order valence-corrected chi connectivity index (χ2v) is 6.62. The number of carbonyl (C=O) groups is 1. The predicted molar refractivity (Wildman–Crippen MR) is 87.6 cm³/mol. The van der Waals surface area contributed by atoms with Crippen LogP contribution < -0.4 is 5.32 Å². The average molecular weight is 327 g/mol. The van der Waals surface area contributed by atoms with E-state index in [0.29, 0.717) is 11.6 Å². The van der Waals surface area contributed by atoms with Gasteiger partial charge in [0.2, 0.25) is 0 Å². The number of amides is 1. The number of aromatic nitrogens is 1. The number of benzene rings is 1. The van der Waals surface area contributed by atoms with Crippen LogP contribution in [0.5, 0.6) is 0 Å². The quantitative estimate of drug-likeness (QED) is 0.844. The van der Waals surface area contributed by atoms with E-state index in [4.69, 9.17) is 4.52 Å². The number of aliphatic hydroxyl groups is 1. The highest BCUT2D eigenvalue weighted by atomic mass is 16.5. The topological polar surface area (TPSA) is 78.6 Å². The second kappa shape index (κ2) is 6.37. The summed E-state index contributed by atoms with van der Waals surface area (Å²) in [4.78, 5) is 14.4. The molecule has 1 aromatic carbocycles. The van der Waals surface area contributed by atoms with E-state index in [-0.39, 0.29) is 24.6 Å². The van der Waals surface area contributed by atoms with Crippen LogP contribution in [0.4, 0.5) is 0 Å². The minimum absolute atomic E-state index is 0.0205. The van der Waals surface area contributed by atoms with Gasteiger partial charge in [0.05, 0.1) is 18.7 Å². The standard InChI is InChI=1S/C18H21N3O3/c22-11-16(12-4-2-1-3-5-12)21-9-14(10-21)19-18(23)15-8-17(24-20-15)13-6-7-13/h1-5,8,13-14,16,22H,6-7,9-11H2,(H,19,23). The van der Waals surface area contributed by atoms with Gasteiger partial charge in [-0.1, -0.05) is 35.5 Å². The third-order valence-electron chi connectivity index (χ3n) is 4.78. The monoisotopic (exact) mass is 327 g/mol. The molecule has 2 aliphatic rings. The molecule has 6 heteroatoms. The van der Waals surface area contributed by atoms with Crippen LogP contribution in [0.15, 0.2) is 40.9 Å². The molecule has 126 valence electrons. The zero-order valence-corrected chi connectivity index (χ0v) is 13.4. The van der Waals surface area contributed by atoms with Crippen molar-refractivity contribution >= 4 is 5.91 Å². The van der Waals surface area contributed by atoms with E-state index >= 15 is 0 Å². The van der Waals surface area contributed by atoms with E-state index in [1.807, 2.05) is 30.3 Å². The Hall–Kier alpha value is -2.18. The number of nitrogens with zero attached hydrogens (tertiary/aromatic N) is 2. The molecule has 0 bridgehead atoms. The van der Waals surface area contributed by atoms with Crippen LogP contribution in [0.3, 0.4) is 0 Å². The summed E-state index contributed by atoms with van der Waals surface area (Å²) in [6.45, 7) is 1.51. The molecule has 1 saturated carbocycles. The van der Waals surface area contributed by atoms with Crippen molar-refractivity contribution in [2.24, 2.45) is 0 Å². The zero-order chi connectivity index (χ0) is 16.5. The molecule has 0 spiro atoms. The minimum atomic E-state index is -0.185. The van der Waals surface area contributed by atoms with E-state index in [1.54, 1.807) is 6.07 Å². The first-order chi connectivity index (χ1) is 11.7. The fourth-order valence-electron chi connectivity index (χ4n) is 3.18. The Morgan fingerprint density at radius 2 is 2.08 bits per heavy atom. The van der Waals surface area contributed by atoms with Crippen LogP contribution in [-0.2, 0) is 0 Å². The number of hydrogen-bond acceptors (Lipinski definition) is 5. The summed E-state index contributed by atoms with van der Waals surface area (Å²) < 4.78 is 5.22.